The van der Waals surface area contributed by atoms with Crippen molar-refractivity contribution in [2.75, 3.05) is 5.88 Å². The number of para-hydroxylation sites is 1. The molecule has 0 unspecified atom stereocenters. The Bertz CT molecular complexity index is 506. The van der Waals surface area contributed by atoms with Gasteiger partial charge in [-0.25, -0.2) is 4.98 Å². The summed E-state index contributed by atoms with van der Waals surface area (Å²) in [6.07, 6.45) is 0. The second-order valence-electron chi connectivity index (χ2n) is 2.98. The van der Waals surface area contributed by atoms with Crippen molar-refractivity contribution in [3.8, 4) is 0 Å². The number of nitrogens with zero attached hydrogens (tertiary/aromatic N) is 1. The van der Waals surface area contributed by atoms with Gasteiger partial charge in [0, 0.05) is 0 Å². The van der Waals surface area contributed by atoms with Gasteiger partial charge in [0.05, 0.1) is 11.4 Å². The lowest BCUT2D eigenvalue weighted by molar-refractivity contribution is 0.102. The molecule has 0 radical (unpaired) electrons. The summed E-state index contributed by atoms with van der Waals surface area (Å²) in [5.41, 5.74) is 1.33. The lowest BCUT2D eigenvalue weighted by Gasteiger charge is -1.96. The van der Waals surface area contributed by atoms with E-state index in [1.807, 2.05) is 0 Å². The van der Waals surface area contributed by atoms with E-state index in [-0.39, 0.29) is 24.2 Å². The molecule has 0 aliphatic heterocycles. The van der Waals surface area contributed by atoms with Crippen molar-refractivity contribution in [3.05, 3.63) is 29.7 Å². The zero-order valence-corrected chi connectivity index (χ0v) is 8.49. The second kappa shape index (κ2) is 4.00. The van der Waals surface area contributed by atoms with Crippen LogP contribution < -0.4 is 0 Å². The molecule has 0 fully saturated rings. The smallest absolute Gasteiger partial charge is 0.221 e. The van der Waals surface area contributed by atoms with Crippen LogP contribution in [0.2, 0.25) is 0 Å². The van der Waals surface area contributed by atoms with Crippen LogP contribution >= 0.6 is 11.6 Å². The molecule has 1 aromatic carbocycles. The number of aromatic nitrogens is 1. The van der Waals surface area contributed by atoms with Gasteiger partial charge in [-0.3, -0.25) is 4.79 Å². The summed E-state index contributed by atoms with van der Waals surface area (Å²) >= 11 is 5.47. The number of hydrogen-bond acceptors (Lipinski definition) is 4. The number of hydrogen-bond donors (Lipinski definition) is 1. The standard InChI is InChI=1S/C10H8ClNO3/c11-4-8(14)6-2-1-3-7-10(6)15-9(5-13)12-7/h1-3,13H,4-5H2. The summed E-state index contributed by atoms with van der Waals surface area (Å²) in [4.78, 5) is 15.4. The molecule has 0 spiro atoms. The first-order chi connectivity index (χ1) is 7.26. The van der Waals surface area contributed by atoms with Crippen molar-refractivity contribution in [2.45, 2.75) is 6.61 Å². The van der Waals surface area contributed by atoms with Gasteiger partial charge in [0.25, 0.3) is 0 Å². The maximum absolute atomic E-state index is 11.4. The molecule has 0 saturated carbocycles. The average Bonchev–Trinajstić information content (AvgIpc) is 2.70. The first kappa shape index (κ1) is 10.1. The minimum Gasteiger partial charge on any atom is -0.437 e. The van der Waals surface area contributed by atoms with Gasteiger partial charge >= 0.3 is 0 Å². The third-order valence-electron chi connectivity index (χ3n) is 2.02. The largest absolute Gasteiger partial charge is 0.437 e. The van der Waals surface area contributed by atoms with Crippen LogP contribution in [0.25, 0.3) is 11.1 Å². The van der Waals surface area contributed by atoms with Crippen LogP contribution in [0.1, 0.15) is 16.2 Å². The summed E-state index contributed by atoms with van der Waals surface area (Å²) in [5, 5.41) is 8.86. The number of halogens is 1. The third-order valence-corrected chi connectivity index (χ3v) is 2.26. The highest BCUT2D eigenvalue weighted by Crippen LogP contribution is 2.20. The van der Waals surface area contributed by atoms with Crippen LogP contribution in [0.4, 0.5) is 0 Å². The van der Waals surface area contributed by atoms with Gasteiger partial charge in [-0.2, -0.15) is 0 Å². The topological polar surface area (TPSA) is 63.3 Å². The molecule has 1 heterocycles. The van der Waals surface area contributed by atoms with Crippen molar-refractivity contribution in [1.82, 2.24) is 4.98 Å². The number of Topliss-reactive ketones (excluding diaryl/α,β-unsaturated/α-hetero) is 1. The Balaban J connectivity index is 2.64. The molecule has 78 valence electrons. The van der Waals surface area contributed by atoms with E-state index in [9.17, 15) is 4.79 Å². The number of ketones is 1. The fourth-order valence-corrected chi connectivity index (χ4v) is 1.50. The van der Waals surface area contributed by atoms with E-state index in [4.69, 9.17) is 21.1 Å². The van der Waals surface area contributed by atoms with Crippen molar-refractivity contribution in [1.29, 1.82) is 0 Å². The SMILES string of the molecule is O=C(CCl)c1cccc2nc(CO)oc12. The van der Waals surface area contributed by atoms with Crippen molar-refractivity contribution >= 4 is 28.5 Å². The van der Waals surface area contributed by atoms with Gasteiger partial charge < -0.3 is 9.52 Å². The third kappa shape index (κ3) is 1.73. The number of carbonyl (C=O) groups excluding carboxylic acids is 1. The van der Waals surface area contributed by atoms with Crippen LogP contribution in [-0.2, 0) is 6.61 Å². The number of aliphatic hydroxyl groups excluding tert-OH is 1. The Hall–Kier alpha value is -1.39. The number of rotatable bonds is 3. The number of fused-ring (bicyclic) bond motifs is 1. The predicted octanol–water partition coefficient (Wildman–Crippen LogP) is 1.74. The number of aliphatic hydroxyl groups is 1. The normalized spacial score (nSPS) is 10.8. The van der Waals surface area contributed by atoms with E-state index < -0.39 is 0 Å². The summed E-state index contributed by atoms with van der Waals surface area (Å²) in [7, 11) is 0. The van der Waals surface area contributed by atoms with Gasteiger partial charge in [0.15, 0.2) is 11.4 Å². The molecule has 0 amide bonds. The fourth-order valence-electron chi connectivity index (χ4n) is 1.35. The molecule has 2 aromatic rings. The fraction of sp³-hybridized carbons (Fsp3) is 0.200. The summed E-state index contributed by atoms with van der Waals surface area (Å²) in [6, 6.07) is 5.04. The molecule has 1 aromatic heterocycles. The van der Waals surface area contributed by atoms with Crippen LogP contribution in [0.15, 0.2) is 22.6 Å². The molecule has 2 rings (SSSR count). The predicted molar refractivity (Wildman–Crippen MR) is 55.0 cm³/mol. The molecule has 0 aliphatic rings. The van der Waals surface area contributed by atoms with Crippen LogP contribution in [-0.4, -0.2) is 21.8 Å². The Morgan fingerprint density at radius 2 is 2.33 bits per heavy atom. The molecule has 0 aliphatic carbocycles. The number of alkyl halides is 1. The van der Waals surface area contributed by atoms with E-state index >= 15 is 0 Å². The minimum absolute atomic E-state index is 0.103. The first-order valence-corrected chi connectivity index (χ1v) is 4.88. The molecular formula is C10H8ClNO3. The van der Waals surface area contributed by atoms with E-state index in [2.05, 4.69) is 4.98 Å². The number of oxazole rings is 1. The molecular weight excluding hydrogens is 218 g/mol. The summed E-state index contributed by atoms with van der Waals surface area (Å²) in [5.74, 6) is -0.128. The molecule has 1 N–H and O–H groups in total. The number of carbonyl (C=O) groups is 1. The van der Waals surface area contributed by atoms with Gasteiger partial charge in [-0.15, -0.1) is 11.6 Å². The van der Waals surface area contributed by atoms with Crippen LogP contribution in [0, 0.1) is 0 Å². The van der Waals surface area contributed by atoms with E-state index in [1.54, 1.807) is 18.2 Å². The maximum atomic E-state index is 11.4. The zero-order valence-electron chi connectivity index (χ0n) is 7.74. The van der Waals surface area contributed by atoms with Gasteiger partial charge in [0.2, 0.25) is 5.89 Å². The van der Waals surface area contributed by atoms with E-state index in [0.717, 1.165) is 0 Å². The summed E-state index contributed by atoms with van der Waals surface area (Å²) < 4.78 is 5.23. The van der Waals surface area contributed by atoms with Crippen LogP contribution in [0.3, 0.4) is 0 Å². The Labute approximate surface area is 90.5 Å². The Morgan fingerprint density at radius 1 is 1.53 bits per heavy atom. The highest BCUT2D eigenvalue weighted by Gasteiger charge is 2.13. The second-order valence-corrected chi connectivity index (χ2v) is 3.24. The van der Waals surface area contributed by atoms with Crippen molar-refractivity contribution in [2.24, 2.45) is 0 Å². The lowest BCUT2D eigenvalue weighted by atomic mass is 10.1. The van der Waals surface area contributed by atoms with Gasteiger partial charge in [-0.05, 0) is 12.1 Å². The Morgan fingerprint density at radius 3 is 3.00 bits per heavy atom. The quantitative estimate of drug-likeness (QED) is 0.639. The molecule has 0 bridgehead atoms. The highest BCUT2D eigenvalue weighted by molar-refractivity contribution is 6.31. The van der Waals surface area contributed by atoms with E-state index in [0.29, 0.717) is 16.7 Å². The van der Waals surface area contributed by atoms with Crippen molar-refractivity contribution in [3.63, 3.8) is 0 Å². The minimum atomic E-state index is -0.289. The van der Waals surface area contributed by atoms with Gasteiger partial charge in [0.1, 0.15) is 12.1 Å². The average molecular weight is 226 g/mol. The Kier molecular flexibility index (Phi) is 2.70. The number of benzene rings is 1. The first-order valence-electron chi connectivity index (χ1n) is 4.34. The lowest BCUT2D eigenvalue weighted by Crippen LogP contribution is -2.00. The van der Waals surface area contributed by atoms with E-state index in [1.165, 1.54) is 0 Å². The van der Waals surface area contributed by atoms with Crippen molar-refractivity contribution < 1.29 is 14.3 Å². The molecule has 4 nitrogen and oxygen atoms in total. The zero-order chi connectivity index (χ0) is 10.8. The molecule has 0 saturated heterocycles. The molecule has 0 atom stereocenters. The highest BCUT2D eigenvalue weighted by atomic mass is 35.5. The van der Waals surface area contributed by atoms with Crippen LogP contribution in [0.5, 0.6) is 0 Å². The molecule has 15 heavy (non-hydrogen) atoms. The van der Waals surface area contributed by atoms with Gasteiger partial charge in [-0.1, -0.05) is 6.07 Å². The monoisotopic (exact) mass is 225 g/mol. The molecule has 5 heteroatoms. The maximum Gasteiger partial charge on any atom is 0.221 e. The summed E-state index contributed by atoms with van der Waals surface area (Å²) in [6.45, 7) is -0.289.